The summed E-state index contributed by atoms with van der Waals surface area (Å²) in [6.45, 7) is 2.83. The molecule has 0 aromatic heterocycles. The quantitative estimate of drug-likeness (QED) is 0.778. The van der Waals surface area contributed by atoms with Gasteiger partial charge in [0.1, 0.15) is 5.75 Å². The molecule has 2 aromatic carbocycles. The van der Waals surface area contributed by atoms with Crippen LogP contribution < -0.4 is 4.74 Å². The number of halogens is 1. The van der Waals surface area contributed by atoms with Gasteiger partial charge in [0.05, 0.1) is 6.61 Å². The Balaban J connectivity index is 1.72. The molecule has 0 saturated carbocycles. The lowest BCUT2D eigenvalue weighted by molar-refractivity contribution is 0.296. The number of aryl methyl sites for hydroxylation is 1. The number of benzene rings is 2. The Morgan fingerprint density at radius 3 is 3.00 bits per heavy atom. The Kier molecular flexibility index (Phi) is 3.85. The van der Waals surface area contributed by atoms with Crippen molar-refractivity contribution in [2.24, 2.45) is 0 Å². The number of hydrogen-bond acceptors (Lipinski definition) is 2. The molecule has 0 aliphatic carbocycles. The molecule has 1 atom stereocenters. The number of fused-ring (bicyclic) bond motifs is 1. The van der Waals surface area contributed by atoms with E-state index in [4.69, 9.17) is 4.74 Å². The minimum atomic E-state index is 0.500. The van der Waals surface area contributed by atoms with Crippen molar-refractivity contribution in [1.29, 1.82) is 0 Å². The lowest BCUT2D eigenvalue weighted by Gasteiger charge is -2.14. The summed E-state index contributed by atoms with van der Waals surface area (Å²) in [6.07, 6.45) is 0. The van der Waals surface area contributed by atoms with Crippen LogP contribution in [0.2, 0.25) is 0 Å². The molecule has 1 heterocycles. The average molecular weight is 335 g/mol. The molecule has 0 spiro atoms. The van der Waals surface area contributed by atoms with Gasteiger partial charge in [0.25, 0.3) is 0 Å². The number of rotatable bonds is 3. The average Bonchev–Trinajstić information content (AvgIpc) is 2.83. The first-order valence-electron chi connectivity index (χ1n) is 6.35. The topological polar surface area (TPSA) is 9.23 Å². The molecule has 2 aromatic rings. The minimum absolute atomic E-state index is 0.500. The Morgan fingerprint density at radius 2 is 2.11 bits per heavy atom. The molecule has 19 heavy (non-hydrogen) atoms. The van der Waals surface area contributed by atoms with Gasteiger partial charge in [-0.3, -0.25) is 0 Å². The molecule has 1 aliphatic heterocycles. The van der Waals surface area contributed by atoms with Crippen LogP contribution in [-0.4, -0.2) is 12.4 Å². The second-order valence-electron chi connectivity index (χ2n) is 4.77. The molecule has 0 fully saturated rings. The highest BCUT2D eigenvalue weighted by atomic mass is 79.9. The van der Waals surface area contributed by atoms with E-state index in [2.05, 4.69) is 53.2 Å². The van der Waals surface area contributed by atoms with Gasteiger partial charge in [-0.1, -0.05) is 40.2 Å². The van der Waals surface area contributed by atoms with Crippen molar-refractivity contribution in [2.75, 3.05) is 12.4 Å². The zero-order valence-corrected chi connectivity index (χ0v) is 13.1. The van der Waals surface area contributed by atoms with Crippen LogP contribution in [0.3, 0.4) is 0 Å². The normalized spacial score (nSPS) is 17.3. The van der Waals surface area contributed by atoms with Crippen molar-refractivity contribution in [1.82, 2.24) is 0 Å². The molecule has 98 valence electrons. The van der Waals surface area contributed by atoms with Gasteiger partial charge in [0, 0.05) is 21.0 Å². The molecular formula is C16H15BrOS. The summed E-state index contributed by atoms with van der Waals surface area (Å²) in [5.74, 6) is 2.59. The van der Waals surface area contributed by atoms with E-state index in [1.807, 2.05) is 23.9 Å². The van der Waals surface area contributed by atoms with Crippen molar-refractivity contribution in [3.63, 3.8) is 0 Å². The van der Waals surface area contributed by atoms with Crippen molar-refractivity contribution in [3.05, 3.63) is 58.1 Å². The van der Waals surface area contributed by atoms with E-state index < -0.39 is 0 Å². The highest BCUT2D eigenvalue weighted by Gasteiger charge is 2.23. The first kappa shape index (κ1) is 13.1. The SMILES string of the molecule is Cc1ccc(Br)cc1OCC1CSc2ccccc21. The van der Waals surface area contributed by atoms with Crippen molar-refractivity contribution in [2.45, 2.75) is 17.7 Å². The Hall–Kier alpha value is -0.930. The van der Waals surface area contributed by atoms with Gasteiger partial charge in [0.15, 0.2) is 0 Å². The van der Waals surface area contributed by atoms with Crippen molar-refractivity contribution >= 4 is 27.7 Å². The van der Waals surface area contributed by atoms with Crippen LogP contribution in [0.25, 0.3) is 0 Å². The predicted octanol–water partition coefficient (Wildman–Crippen LogP) is 5.03. The summed E-state index contributed by atoms with van der Waals surface area (Å²) < 4.78 is 7.08. The largest absolute Gasteiger partial charge is 0.493 e. The predicted molar refractivity (Wildman–Crippen MR) is 84.3 cm³/mol. The molecule has 0 radical (unpaired) electrons. The second kappa shape index (κ2) is 5.59. The smallest absolute Gasteiger partial charge is 0.123 e. The van der Waals surface area contributed by atoms with Gasteiger partial charge in [0.2, 0.25) is 0 Å². The van der Waals surface area contributed by atoms with Gasteiger partial charge in [-0.15, -0.1) is 11.8 Å². The molecular weight excluding hydrogens is 320 g/mol. The van der Waals surface area contributed by atoms with Crippen LogP contribution in [-0.2, 0) is 0 Å². The second-order valence-corrected chi connectivity index (χ2v) is 6.74. The molecule has 1 aliphatic rings. The maximum absolute atomic E-state index is 6.02. The van der Waals surface area contributed by atoms with Gasteiger partial charge >= 0.3 is 0 Å². The maximum Gasteiger partial charge on any atom is 0.123 e. The maximum atomic E-state index is 6.02. The fourth-order valence-corrected chi connectivity index (χ4v) is 3.86. The first-order valence-corrected chi connectivity index (χ1v) is 8.12. The summed E-state index contributed by atoms with van der Waals surface area (Å²) in [7, 11) is 0. The number of ether oxygens (including phenoxy) is 1. The first-order chi connectivity index (χ1) is 9.24. The minimum Gasteiger partial charge on any atom is -0.493 e. The zero-order valence-electron chi connectivity index (χ0n) is 10.7. The molecule has 0 saturated heterocycles. The fourth-order valence-electron chi connectivity index (χ4n) is 2.29. The van der Waals surface area contributed by atoms with E-state index in [9.17, 15) is 0 Å². The lowest BCUT2D eigenvalue weighted by Crippen LogP contribution is -2.10. The van der Waals surface area contributed by atoms with Gasteiger partial charge in [-0.05, 0) is 36.2 Å². The molecule has 0 bridgehead atoms. The van der Waals surface area contributed by atoms with E-state index in [1.165, 1.54) is 16.0 Å². The van der Waals surface area contributed by atoms with Crippen LogP contribution in [0.5, 0.6) is 5.75 Å². The van der Waals surface area contributed by atoms with E-state index in [0.717, 1.165) is 22.6 Å². The summed E-state index contributed by atoms with van der Waals surface area (Å²) in [6, 6.07) is 14.8. The molecule has 1 unspecified atom stereocenters. The Bertz CT molecular complexity index is 597. The number of thioether (sulfide) groups is 1. The Morgan fingerprint density at radius 1 is 1.26 bits per heavy atom. The zero-order chi connectivity index (χ0) is 13.2. The summed E-state index contributed by atoms with van der Waals surface area (Å²) in [5.41, 5.74) is 2.61. The van der Waals surface area contributed by atoms with Crippen LogP contribution in [0, 0.1) is 6.92 Å². The Labute approximate surface area is 126 Å². The molecule has 0 amide bonds. The van der Waals surface area contributed by atoms with E-state index in [-0.39, 0.29) is 0 Å². The number of hydrogen-bond donors (Lipinski definition) is 0. The highest BCUT2D eigenvalue weighted by molar-refractivity contribution is 9.10. The third kappa shape index (κ3) is 2.82. The van der Waals surface area contributed by atoms with E-state index >= 15 is 0 Å². The summed E-state index contributed by atoms with van der Waals surface area (Å²) >= 11 is 5.42. The third-order valence-electron chi connectivity index (χ3n) is 3.39. The van der Waals surface area contributed by atoms with Crippen molar-refractivity contribution < 1.29 is 4.74 Å². The molecule has 1 nitrogen and oxygen atoms in total. The highest BCUT2D eigenvalue weighted by Crippen LogP contribution is 2.39. The lowest BCUT2D eigenvalue weighted by atomic mass is 10.0. The van der Waals surface area contributed by atoms with Gasteiger partial charge < -0.3 is 4.74 Å². The fraction of sp³-hybridized carbons (Fsp3) is 0.250. The van der Waals surface area contributed by atoms with Gasteiger partial charge in [-0.2, -0.15) is 0 Å². The standard InChI is InChI=1S/C16H15BrOS/c1-11-6-7-13(17)8-15(11)18-9-12-10-19-16-5-3-2-4-14(12)16/h2-8,12H,9-10H2,1H3. The monoisotopic (exact) mass is 334 g/mol. The van der Waals surface area contributed by atoms with Crippen LogP contribution >= 0.6 is 27.7 Å². The molecule has 3 rings (SSSR count). The van der Waals surface area contributed by atoms with Crippen molar-refractivity contribution in [3.8, 4) is 5.75 Å². The van der Waals surface area contributed by atoms with E-state index in [0.29, 0.717) is 5.92 Å². The molecule has 3 heteroatoms. The van der Waals surface area contributed by atoms with Gasteiger partial charge in [-0.25, -0.2) is 0 Å². The van der Waals surface area contributed by atoms with Crippen LogP contribution in [0.4, 0.5) is 0 Å². The third-order valence-corrected chi connectivity index (χ3v) is 5.13. The van der Waals surface area contributed by atoms with Crippen LogP contribution in [0.15, 0.2) is 51.8 Å². The molecule has 0 N–H and O–H groups in total. The van der Waals surface area contributed by atoms with Crippen LogP contribution in [0.1, 0.15) is 17.0 Å². The van der Waals surface area contributed by atoms with E-state index in [1.54, 1.807) is 0 Å². The summed E-state index contributed by atoms with van der Waals surface area (Å²) in [5, 5.41) is 0. The summed E-state index contributed by atoms with van der Waals surface area (Å²) in [4.78, 5) is 1.40.